The van der Waals surface area contributed by atoms with Crippen LogP contribution in [0.4, 0.5) is 13.2 Å². The molecule has 1 fully saturated rings. The van der Waals surface area contributed by atoms with Crippen LogP contribution in [0.25, 0.3) is 0 Å². The van der Waals surface area contributed by atoms with Gasteiger partial charge in [-0.1, -0.05) is 30.3 Å². The molecule has 1 unspecified atom stereocenters. The SMILES string of the molecule is Cl.O=C1C(c2ccccc2)CCCN1CC(F)(F)F. The predicted molar refractivity (Wildman–Crippen MR) is 68.3 cm³/mol. The maximum Gasteiger partial charge on any atom is 0.406 e. The smallest absolute Gasteiger partial charge is 0.333 e. The van der Waals surface area contributed by atoms with E-state index in [2.05, 4.69) is 0 Å². The van der Waals surface area contributed by atoms with Crippen molar-refractivity contribution in [2.75, 3.05) is 13.1 Å². The van der Waals surface area contributed by atoms with Crippen LogP contribution in [0.5, 0.6) is 0 Å². The third-order valence-electron chi connectivity index (χ3n) is 3.10. The monoisotopic (exact) mass is 293 g/mol. The van der Waals surface area contributed by atoms with Gasteiger partial charge in [-0.3, -0.25) is 4.79 Å². The minimum Gasteiger partial charge on any atom is -0.333 e. The summed E-state index contributed by atoms with van der Waals surface area (Å²) in [6.07, 6.45) is -3.09. The first kappa shape index (κ1) is 15.8. The molecule has 1 aromatic rings. The van der Waals surface area contributed by atoms with Crippen LogP contribution < -0.4 is 0 Å². The molecule has 106 valence electrons. The second kappa shape index (κ2) is 6.28. The molecule has 0 aromatic heterocycles. The topological polar surface area (TPSA) is 20.3 Å². The molecule has 0 saturated carbocycles. The van der Waals surface area contributed by atoms with Crippen LogP contribution in [0.3, 0.4) is 0 Å². The molecule has 1 aliphatic heterocycles. The van der Waals surface area contributed by atoms with Crippen LogP contribution in [-0.2, 0) is 4.79 Å². The van der Waals surface area contributed by atoms with E-state index in [0.717, 1.165) is 10.5 Å². The number of rotatable bonds is 2. The van der Waals surface area contributed by atoms with Gasteiger partial charge in [-0.15, -0.1) is 12.4 Å². The third-order valence-corrected chi connectivity index (χ3v) is 3.10. The number of amides is 1. The second-order valence-electron chi connectivity index (χ2n) is 4.48. The van der Waals surface area contributed by atoms with Gasteiger partial charge in [0.25, 0.3) is 0 Å². The maximum atomic E-state index is 12.3. The number of piperidine rings is 1. The highest BCUT2D eigenvalue weighted by atomic mass is 35.5. The Hall–Kier alpha value is -1.23. The minimum atomic E-state index is -4.33. The standard InChI is InChI=1S/C13H14F3NO.ClH/c14-13(15,16)9-17-8-4-7-11(12(17)18)10-5-2-1-3-6-10;/h1-3,5-6,11H,4,7-9H2;1H. The molecule has 19 heavy (non-hydrogen) atoms. The van der Waals surface area contributed by atoms with Crippen molar-refractivity contribution in [3.05, 3.63) is 35.9 Å². The van der Waals surface area contributed by atoms with E-state index < -0.39 is 24.5 Å². The Bertz CT molecular complexity index is 422. The molecule has 1 saturated heterocycles. The van der Waals surface area contributed by atoms with Gasteiger partial charge in [0, 0.05) is 6.54 Å². The van der Waals surface area contributed by atoms with E-state index in [1.807, 2.05) is 6.07 Å². The lowest BCUT2D eigenvalue weighted by molar-refractivity contribution is -0.164. The number of halogens is 4. The van der Waals surface area contributed by atoms with Gasteiger partial charge in [-0.25, -0.2) is 0 Å². The number of carbonyl (C=O) groups excluding carboxylic acids is 1. The molecular weight excluding hydrogens is 279 g/mol. The first-order valence-corrected chi connectivity index (χ1v) is 5.88. The molecule has 1 aromatic carbocycles. The summed E-state index contributed by atoms with van der Waals surface area (Å²) < 4.78 is 37.0. The molecule has 2 rings (SSSR count). The van der Waals surface area contributed by atoms with Gasteiger partial charge in [0.05, 0.1) is 5.92 Å². The largest absolute Gasteiger partial charge is 0.406 e. The average Bonchev–Trinajstić information content (AvgIpc) is 2.31. The van der Waals surface area contributed by atoms with Crippen LogP contribution in [0.2, 0.25) is 0 Å². The highest BCUT2D eigenvalue weighted by Gasteiger charge is 2.37. The van der Waals surface area contributed by atoms with Crippen LogP contribution in [0.1, 0.15) is 24.3 Å². The lowest BCUT2D eigenvalue weighted by Gasteiger charge is -2.33. The Morgan fingerprint density at radius 3 is 2.42 bits per heavy atom. The van der Waals surface area contributed by atoms with E-state index >= 15 is 0 Å². The highest BCUT2D eigenvalue weighted by Crippen LogP contribution is 2.29. The van der Waals surface area contributed by atoms with Gasteiger partial charge in [0.2, 0.25) is 5.91 Å². The van der Waals surface area contributed by atoms with Crippen molar-refractivity contribution in [2.24, 2.45) is 0 Å². The molecule has 1 heterocycles. The van der Waals surface area contributed by atoms with E-state index in [4.69, 9.17) is 0 Å². The number of hydrogen-bond donors (Lipinski definition) is 0. The maximum absolute atomic E-state index is 12.3. The van der Waals surface area contributed by atoms with Gasteiger partial charge in [0.1, 0.15) is 6.54 Å². The average molecular weight is 294 g/mol. The first-order chi connectivity index (χ1) is 8.47. The number of hydrogen-bond acceptors (Lipinski definition) is 1. The molecule has 1 amide bonds. The minimum absolute atomic E-state index is 0. The number of alkyl halides is 3. The van der Waals surface area contributed by atoms with E-state index in [9.17, 15) is 18.0 Å². The van der Waals surface area contributed by atoms with Gasteiger partial charge in [0.15, 0.2) is 0 Å². The fourth-order valence-corrected chi connectivity index (χ4v) is 2.31. The predicted octanol–water partition coefficient (Wildman–Crippen LogP) is 3.38. The summed E-state index contributed by atoms with van der Waals surface area (Å²) in [5, 5.41) is 0. The van der Waals surface area contributed by atoms with Crippen molar-refractivity contribution >= 4 is 18.3 Å². The molecule has 0 radical (unpaired) electrons. The van der Waals surface area contributed by atoms with E-state index in [1.54, 1.807) is 24.3 Å². The van der Waals surface area contributed by atoms with Crippen molar-refractivity contribution in [1.82, 2.24) is 4.90 Å². The zero-order valence-electron chi connectivity index (χ0n) is 10.2. The number of nitrogens with zero attached hydrogens (tertiary/aromatic N) is 1. The normalized spacial score (nSPS) is 20.1. The van der Waals surface area contributed by atoms with E-state index in [-0.39, 0.29) is 19.0 Å². The fraction of sp³-hybridized carbons (Fsp3) is 0.462. The summed E-state index contributed by atoms with van der Waals surface area (Å²) in [6, 6.07) is 9.00. The Morgan fingerprint density at radius 1 is 1.21 bits per heavy atom. The lowest BCUT2D eigenvalue weighted by atomic mass is 9.90. The molecule has 2 nitrogen and oxygen atoms in total. The first-order valence-electron chi connectivity index (χ1n) is 5.88. The van der Waals surface area contributed by atoms with Crippen molar-refractivity contribution in [2.45, 2.75) is 24.9 Å². The molecule has 0 aliphatic carbocycles. The quantitative estimate of drug-likeness (QED) is 0.818. The van der Waals surface area contributed by atoms with E-state index in [1.165, 1.54) is 0 Å². The summed E-state index contributed by atoms with van der Waals surface area (Å²) in [7, 11) is 0. The summed E-state index contributed by atoms with van der Waals surface area (Å²) in [5.41, 5.74) is 0.800. The van der Waals surface area contributed by atoms with Crippen LogP contribution in [-0.4, -0.2) is 30.1 Å². The fourth-order valence-electron chi connectivity index (χ4n) is 2.31. The Kier molecular flexibility index (Phi) is 5.23. The van der Waals surface area contributed by atoms with Crippen molar-refractivity contribution in [3.8, 4) is 0 Å². The van der Waals surface area contributed by atoms with Crippen LogP contribution in [0.15, 0.2) is 30.3 Å². The van der Waals surface area contributed by atoms with Gasteiger partial charge >= 0.3 is 6.18 Å². The Morgan fingerprint density at radius 2 is 1.84 bits per heavy atom. The molecule has 0 spiro atoms. The molecule has 0 N–H and O–H groups in total. The zero-order chi connectivity index (χ0) is 13.2. The molecular formula is C13H15ClF3NO. The lowest BCUT2D eigenvalue weighted by Crippen LogP contribution is -2.44. The van der Waals surface area contributed by atoms with Crippen molar-refractivity contribution < 1.29 is 18.0 Å². The highest BCUT2D eigenvalue weighted by molar-refractivity contribution is 5.85. The Balaban J connectivity index is 0.00000180. The van der Waals surface area contributed by atoms with Crippen LogP contribution >= 0.6 is 12.4 Å². The molecule has 1 atom stereocenters. The number of benzene rings is 1. The second-order valence-corrected chi connectivity index (χ2v) is 4.48. The molecule has 1 aliphatic rings. The Labute approximate surface area is 116 Å². The van der Waals surface area contributed by atoms with E-state index in [0.29, 0.717) is 12.8 Å². The summed E-state index contributed by atoms with van der Waals surface area (Å²) in [5.74, 6) is -0.841. The van der Waals surface area contributed by atoms with Gasteiger partial charge in [-0.2, -0.15) is 13.2 Å². The zero-order valence-corrected chi connectivity index (χ0v) is 11.0. The summed E-state index contributed by atoms with van der Waals surface area (Å²) in [4.78, 5) is 12.9. The van der Waals surface area contributed by atoms with Gasteiger partial charge < -0.3 is 4.90 Å². The van der Waals surface area contributed by atoms with Crippen molar-refractivity contribution in [3.63, 3.8) is 0 Å². The number of carbonyl (C=O) groups is 1. The third kappa shape index (κ3) is 4.13. The summed E-state index contributed by atoms with van der Waals surface area (Å²) >= 11 is 0. The van der Waals surface area contributed by atoms with Gasteiger partial charge in [-0.05, 0) is 18.4 Å². The molecule has 6 heteroatoms. The van der Waals surface area contributed by atoms with Crippen molar-refractivity contribution in [1.29, 1.82) is 0 Å². The van der Waals surface area contributed by atoms with Crippen LogP contribution in [0, 0.1) is 0 Å². The summed E-state index contributed by atoms with van der Waals surface area (Å²) in [6.45, 7) is -0.948. The number of likely N-dealkylation sites (tertiary alicyclic amines) is 1. The molecule has 0 bridgehead atoms.